The molecule has 1 saturated heterocycles. The van der Waals surface area contributed by atoms with Crippen LogP contribution in [0.4, 0.5) is 0 Å². The van der Waals surface area contributed by atoms with E-state index in [9.17, 15) is 8.42 Å². The Morgan fingerprint density at radius 1 is 1.53 bits per heavy atom. The number of aromatic nitrogens is 2. The van der Waals surface area contributed by atoms with Crippen molar-refractivity contribution in [1.82, 2.24) is 15.1 Å². The molecule has 19 heavy (non-hydrogen) atoms. The summed E-state index contributed by atoms with van der Waals surface area (Å²) in [7, 11) is -2.86. The minimum atomic E-state index is -2.86. The SMILES string of the molecule is CCn1nc(C)c(Br)c1CNCC1CCCS1(=O)=O. The van der Waals surface area contributed by atoms with E-state index >= 15 is 0 Å². The van der Waals surface area contributed by atoms with Gasteiger partial charge in [0.1, 0.15) is 0 Å². The van der Waals surface area contributed by atoms with Crippen molar-refractivity contribution in [3.8, 4) is 0 Å². The van der Waals surface area contributed by atoms with Crippen molar-refractivity contribution in [1.29, 1.82) is 0 Å². The molecule has 0 spiro atoms. The number of hydrogen-bond donors (Lipinski definition) is 1. The molecule has 1 fully saturated rings. The predicted octanol–water partition coefficient (Wildman–Crippen LogP) is 1.64. The first kappa shape index (κ1) is 15.0. The maximum Gasteiger partial charge on any atom is 0.154 e. The molecule has 2 rings (SSSR count). The maximum atomic E-state index is 11.7. The molecule has 5 nitrogen and oxygen atoms in total. The Labute approximate surface area is 122 Å². The van der Waals surface area contributed by atoms with Gasteiger partial charge in [-0.1, -0.05) is 0 Å². The average molecular weight is 350 g/mol. The number of nitrogens with zero attached hydrogens (tertiary/aromatic N) is 2. The second kappa shape index (κ2) is 5.93. The summed E-state index contributed by atoms with van der Waals surface area (Å²) in [4.78, 5) is 0. The van der Waals surface area contributed by atoms with Gasteiger partial charge in [0, 0.05) is 19.6 Å². The van der Waals surface area contributed by atoms with Crippen LogP contribution in [0.25, 0.3) is 0 Å². The van der Waals surface area contributed by atoms with E-state index in [1.807, 2.05) is 18.5 Å². The van der Waals surface area contributed by atoms with Crippen molar-refractivity contribution in [3.05, 3.63) is 15.9 Å². The normalized spacial score (nSPS) is 21.9. The molecular weight excluding hydrogens is 330 g/mol. The van der Waals surface area contributed by atoms with Gasteiger partial charge in [0.05, 0.1) is 26.9 Å². The Hall–Kier alpha value is -0.400. The fraction of sp³-hybridized carbons (Fsp3) is 0.750. The average Bonchev–Trinajstić information content (AvgIpc) is 2.83. The van der Waals surface area contributed by atoms with Gasteiger partial charge >= 0.3 is 0 Å². The molecule has 1 N–H and O–H groups in total. The Morgan fingerprint density at radius 3 is 2.84 bits per heavy atom. The summed E-state index contributed by atoms with van der Waals surface area (Å²) < 4.78 is 26.4. The maximum absolute atomic E-state index is 11.7. The summed E-state index contributed by atoms with van der Waals surface area (Å²) in [6.07, 6.45) is 1.58. The summed E-state index contributed by atoms with van der Waals surface area (Å²) in [6, 6.07) is 0. The van der Waals surface area contributed by atoms with E-state index in [2.05, 4.69) is 26.3 Å². The van der Waals surface area contributed by atoms with E-state index < -0.39 is 9.84 Å². The lowest BCUT2D eigenvalue weighted by Crippen LogP contribution is -2.30. The molecule has 0 saturated carbocycles. The van der Waals surface area contributed by atoms with Crippen LogP contribution in [0.1, 0.15) is 31.2 Å². The summed E-state index contributed by atoms with van der Waals surface area (Å²) >= 11 is 3.54. The van der Waals surface area contributed by atoms with Gasteiger partial charge in [0.15, 0.2) is 9.84 Å². The van der Waals surface area contributed by atoms with Crippen LogP contribution in [-0.4, -0.2) is 35.7 Å². The lowest BCUT2D eigenvalue weighted by atomic mass is 10.2. The molecule has 1 aromatic heterocycles. The molecule has 108 valence electrons. The first-order valence-electron chi connectivity index (χ1n) is 6.59. The third-order valence-electron chi connectivity index (χ3n) is 3.58. The minimum absolute atomic E-state index is 0.217. The van der Waals surface area contributed by atoms with Gasteiger partial charge in [0.2, 0.25) is 0 Å². The molecule has 0 aromatic carbocycles. The number of hydrogen-bond acceptors (Lipinski definition) is 4. The Kier molecular flexibility index (Phi) is 4.68. The fourth-order valence-electron chi connectivity index (χ4n) is 2.48. The Balaban J connectivity index is 1.96. The van der Waals surface area contributed by atoms with Gasteiger partial charge in [-0.15, -0.1) is 0 Å². The third kappa shape index (κ3) is 3.20. The minimum Gasteiger partial charge on any atom is -0.310 e. The molecule has 1 aliphatic heterocycles. The molecular formula is C12H20BrN3O2S. The monoisotopic (exact) mass is 349 g/mol. The van der Waals surface area contributed by atoms with Gasteiger partial charge in [-0.25, -0.2) is 8.42 Å². The van der Waals surface area contributed by atoms with Gasteiger partial charge < -0.3 is 5.32 Å². The van der Waals surface area contributed by atoms with Gasteiger partial charge in [-0.2, -0.15) is 5.10 Å². The zero-order chi connectivity index (χ0) is 14.0. The number of nitrogens with one attached hydrogen (secondary N) is 1. The van der Waals surface area contributed by atoms with E-state index in [-0.39, 0.29) is 5.25 Å². The number of halogens is 1. The van der Waals surface area contributed by atoms with Crippen LogP contribution < -0.4 is 5.32 Å². The topological polar surface area (TPSA) is 64.0 Å². The summed E-state index contributed by atoms with van der Waals surface area (Å²) in [5.41, 5.74) is 2.04. The first-order valence-corrected chi connectivity index (χ1v) is 9.10. The summed E-state index contributed by atoms with van der Waals surface area (Å²) in [6.45, 7) is 5.99. The largest absolute Gasteiger partial charge is 0.310 e. The highest BCUT2D eigenvalue weighted by molar-refractivity contribution is 9.10. The lowest BCUT2D eigenvalue weighted by molar-refractivity contribution is 0.553. The molecule has 1 unspecified atom stereocenters. The predicted molar refractivity (Wildman–Crippen MR) is 78.9 cm³/mol. The Bertz CT molecular complexity index is 554. The van der Waals surface area contributed by atoms with E-state index in [4.69, 9.17) is 0 Å². The smallest absolute Gasteiger partial charge is 0.154 e. The van der Waals surface area contributed by atoms with Crippen molar-refractivity contribution >= 4 is 25.8 Å². The molecule has 0 bridgehead atoms. The Morgan fingerprint density at radius 2 is 2.26 bits per heavy atom. The molecule has 1 aliphatic rings. The van der Waals surface area contributed by atoms with Gasteiger partial charge in [-0.3, -0.25) is 4.68 Å². The second-order valence-corrected chi connectivity index (χ2v) is 8.12. The van der Waals surface area contributed by atoms with Crippen molar-refractivity contribution in [2.75, 3.05) is 12.3 Å². The van der Waals surface area contributed by atoms with Gasteiger partial charge in [0.25, 0.3) is 0 Å². The standard InChI is InChI=1S/C12H20BrN3O2S/c1-3-16-11(12(13)9(2)15-16)8-14-7-10-5-4-6-19(10,17)18/h10,14H,3-8H2,1-2H3. The van der Waals surface area contributed by atoms with Crippen molar-refractivity contribution in [3.63, 3.8) is 0 Å². The van der Waals surface area contributed by atoms with E-state index in [0.717, 1.165) is 35.2 Å². The molecule has 1 atom stereocenters. The highest BCUT2D eigenvalue weighted by Gasteiger charge is 2.30. The van der Waals surface area contributed by atoms with Crippen LogP contribution in [-0.2, 0) is 22.9 Å². The van der Waals surface area contributed by atoms with Gasteiger partial charge in [-0.05, 0) is 42.6 Å². The van der Waals surface area contributed by atoms with Crippen molar-refractivity contribution in [2.45, 2.75) is 45.0 Å². The molecule has 1 aromatic rings. The lowest BCUT2D eigenvalue weighted by Gasteiger charge is -2.11. The molecule has 0 aliphatic carbocycles. The van der Waals surface area contributed by atoms with Crippen molar-refractivity contribution < 1.29 is 8.42 Å². The van der Waals surface area contributed by atoms with E-state index in [1.165, 1.54) is 0 Å². The molecule has 2 heterocycles. The molecule has 7 heteroatoms. The second-order valence-electron chi connectivity index (χ2n) is 4.92. The summed E-state index contributed by atoms with van der Waals surface area (Å²) in [5, 5.41) is 7.46. The number of sulfone groups is 1. The van der Waals surface area contributed by atoms with Crippen LogP contribution in [0.3, 0.4) is 0 Å². The number of rotatable bonds is 5. The third-order valence-corrected chi connectivity index (χ3v) is 6.89. The quantitative estimate of drug-likeness (QED) is 0.877. The van der Waals surface area contributed by atoms with Crippen LogP contribution in [0.2, 0.25) is 0 Å². The zero-order valence-corrected chi connectivity index (χ0v) is 13.7. The molecule has 0 radical (unpaired) electrons. The first-order chi connectivity index (χ1) is 8.95. The highest BCUT2D eigenvalue weighted by Crippen LogP contribution is 2.22. The van der Waals surface area contributed by atoms with Crippen molar-refractivity contribution in [2.24, 2.45) is 0 Å². The summed E-state index contributed by atoms with van der Waals surface area (Å²) in [5.74, 6) is 0.342. The fourth-order valence-corrected chi connectivity index (χ4v) is 4.70. The van der Waals surface area contributed by atoms with Crippen LogP contribution in [0.5, 0.6) is 0 Å². The molecule has 0 amide bonds. The van der Waals surface area contributed by atoms with E-state index in [0.29, 0.717) is 18.8 Å². The van der Waals surface area contributed by atoms with Crippen LogP contribution in [0, 0.1) is 6.92 Å². The van der Waals surface area contributed by atoms with Crippen LogP contribution in [0.15, 0.2) is 4.47 Å². The van der Waals surface area contributed by atoms with Crippen LogP contribution >= 0.6 is 15.9 Å². The zero-order valence-electron chi connectivity index (χ0n) is 11.3. The highest BCUT2D eigenvalue weighted by atomic mass is 79.9. The van der Waals surface area contributed by atoms with E-state index in [1.54, 1.807) is 0 Å². The number of aryl methyl sites for hydroxylation is 2.